The maximum Gasteiger partial charge on any atom is 0.164 e. The van der Waals surface area contributed by atoms with E-state index in [1.807, 2.05) is 6.20 Å². The molecular weight excluding hydrogens is 360 g/mol. The van der Waals surface area contributed by atoms with Crippen molar-refractivity contribution >= 4 is 27.8 Å². The van der Waals surface area contributed by atoms with Crippen molar-refractivity contribution in [2.45, 2.75) is 25.3 Å². The van der Waals surface area contributed by atoms with Gasteiger partial charge >= 0.3 is 0 Å². The van der Waals surface area contributed by atoms with Crippen LogP contribution in [0.1, 0.15) is 23.6 Å². The number of nitrogens with one attached hydrogen (secondary N) is 1. The van der Waals surface area contributed by atoms with Crippen LogP contribution in [0.5, 0.6) is 0 Å². The minimum Gasteiger partial charge on any atom is -0.383 e. The monoisotopic (exact) mass is 380 g/mol. The number of hydrogen-bond acceptors (Lipinski definition) is 4. The molecule has 1 aliphatic carbocycles. The van der Waals surface area contributed by atoms with E-state index in [9.17, 15) is 0 Å². The largest absolute Gasteiger partial charge is 0.383 e. The third-order valence-corrected chi connectivity index (χ3v) is 6.01. The summed E-state index contributed by atoms with van der Waals surface area (Å²) in [6.45, 7) is 0. The predicted molar refractivity (Wildman–Crippen MR) is 115 cm³/mol. The lowest BCUT2D eigenvalue weighted by atomic mass is 9.88. The number of fused-ring (bicyclic) bond motifs is 3. The Labute approximate surface area is 167 Å². The zero-order valence-corrected chi connectivity index (χ0v) is 15.8. The van der Waals surface area contributed by atoms with Gasteiger partial charge < -0.3 is 10.7 Å². The van der Waals surface area contributed by atoms with E-state index in [-0.39, 0.29) is 6.04 Å². The number of aryl methyl sites for hydroxylation is 1. The fourth-order valence-corrected chi connectivity index (χ4v) is 4.53. The Morgan fingerprint density at radius 2 is 1.93 bits per heavy atom. The van der Waals surface area contributed by atoms with Gasteiger partial charge in [0.1, 0.15) is 17.8 Å². The number of aromatic nitrogens is 5. The van der Waals surface area contributed by atoms with Gasteiger partial charge in [0, 0.05) is 17.3 Å². The lowest BCUT2D eigenvalue weighted by Gasteiger charge is -2.25. The topological polar surface area (TPSA) is 85.4 Å². The molecule has 0 radical (unpaired) electrons. The fraction of sp³-hybridized carbons (Fsp3) is 0.174. The highest BCUT2D eigenvalue weighted by Crippen LogP contribution is 2.36. The number of nitrogen functional groups attached to an aromatic ring is 1. The van der Waals surface area contributed by atoms with E-state index in [1.54, 1.807) is 0 Å². The molecule has 142 valence electrons. The van der Waals surface area contributed by atoms with Crippen molar-refractivity contribution in [2.24, 2.45) is 0 Å². The van der Waals surface area contributed by atoms with Crippen molar-refractivity contribution in [1.29, 1.82) is 0 Å². The molecule has 1 unspecified atom stereocenters. The normalized spacial score (nSPS) is 16.3. The zero-order chi connectivity index (χ0) is 19.4. The van der Waals surface area contributed by atoms with Crippen molar-refractivity contribution < 1.29 is 0 Å². The lowest BCUT2D eigenvalue weighted by molar-refractivity contribution is 0.415. The molecule has 6 heteroatoms. The summed E-state index contributed by atoms with van der Waals surface area (Å²) in [6.07, 6.45) is 6.51. The number of nitrogens with two attached hydrogens (primary N) is 1. The van der Waals surface area contributed by atoms with Gasteiger partial charge in [-0.15, -0.1) is 0 Å². The first kappa shape index (κ1) is 16.3. The minimum atomic E-state index is 0.254. The maximum absolute atomic E-state index is 6.29. The van der Waals surface area contributed by atoms with Gasteiger partial charge in [0.15, 0.2) is 5.65 Å². The van der Waals surface area contributed by atoms with Crippen LogP contribution in [0.25, 0.3) is 33.2 Å². The average molecular weight is 380 g/mol. The minimum absolute atomic E-state index is 0.254. The molecule has 0 aliphatic heterocycles. The molecular formula is C23H20N6. The summed E-state index contributed by atoms with van der Waals surface area (Å²) in [5, 5.41) is 7.03. The zero-order valence-electron chi connectivity index (χ0n) is 15.8. The Hall–Kier alpha value is -3.67. The highest BCUT2D eigenvalue weighted by molar-refractivity contribution is 5.99. The van der Waals surface area contributed by atoms with E-state index >= 15 is 0 Å². The summed E-state index contributed by atoms with van der Waals surface area (Å²) in [6, 6.07) is 17.3. The second-order valence-corrected chi connectivity index (χ2v) is 7.70. The molecule has 3 aromatic heterocycles. The van der Waals surface area contributed by atoms with Crippen LogP contribution in [0.15, 0.2) is 61.1 Å². The molecule has 2 aromatic carbocycles. The number of nitrogens with zero attached hydrogens (tertiary/aromatic N) is 4. The Morgan fingerprint density at radius 3 is 2.86 bits per heavy atom. The molecule has 0 amide bonds. The molecule has 0 fully saturated rings. The van der Waals surface area contributed by atoms with E-state index in [2.05, 4.69) is 68.2 Å². The fourth-order valence-electron chi connectivity index (χ4n) is 4.53. The van der Waals surface area contributed by atoms with Gasteiger partial charge in [-0.2, -0.15) is 5.10 Å². The molecule has 6 nitrogen and oxygen atoms in total. The van der Waals surface area contributed by atoms with Crippen LogP contribution in [0, 0.1) is 0 Å². The van der Waals surface area contributed by atoms with Crippen molar-refractivity contribution in [3.63, 3.8) is 0 Å². The molecule has 1 atom stereocenters. The molecule has 0 spiro atoms. The summed E-state index contributed by atoms with van der Waals surface area (Å²) >= 11 is 0. The van der Waals surface area contributed by atoms with Crippen LogP contribution in [0.4, 0.5) is 5.82 Å². The molecule has 0 saturated heterocycles. The van der Waals surface area contributed by atoms with E-state index < -0.39 is 0 Å². The van der Waals surface area contributed by atoms with Gasteiger partial charge in [-0.3, -0.25) is 0 Å². The lowest BCUT2D eigenvalue weighted by Crippen LogP contribution is -2.20. The van der Waals surface area contributed by atoms with Crippen LogP contribution in [-0.4, -0.2) is 24.7 Å². The first-order valence-electron chi connectivity index (χ1n) is 9.91. The molecule has 1 aliphatic rings. The number of aromatic amines is 1. The molecule has 3 N–H and O–H groups in total. The van der Waals surface area contributed by atoms with Gasteiger partial charge in [-0.05, 0) is 47.9 Å². The van der Waals surface area contributed by atoms with Crippen molar-refractivity contribution in [3.8, 4) is 11.3 Å². The first-order chi connectivity index (χ1) is 14.3. The number of rotatable bonds is 2. The summed E-state index contributed by atoms with van der Waals surface area (Å²) in [5.74, 6) is 0.471. The molecule has 0 bridgehead atoms. The number of benzene rings is 2. The highest BCUT2D eigenvalue weighted by atomic mass is 15.3. The van der Waals surface area contributed by atoms with E-state index in [4.69, 9.17) is 10.8 Å². The van der Waals surface area contributed by atoms with Crippen LogP contribution in [0.2, 0.25) is 0 Å². The quantitative estimate of drug-likeness (QED) is 0.478. The van der Waals surface area contributed by atoms with Crippen molar-refractivity contribution in [2.75, 3.05) is 5.73 Å². The molecule has 0 saturated carbocycles. The average Bonchev–Trinajstić information content (AvgIpc) is 3.38. The number of H-pyrrole nitrogens is 1. The summed E-state index contributed by atoms with van der Waals surface area (Å²) < 4.78 is 2.07. The molecule has 5 aromatic rings. The van der Waals surface area contributed by atoms with Gasteiger partial charge in [0.2, 0.25) is 0 Å². The Balaban J connectivity index is 1.53. The van der Waals surface area contributed by atoms with Gasteiger partial charge in [0.25, 0.3) is 0 Å². The van der Waals surface area contributed by atoms with Crippen molar-refractivity contribution in [3.05, 3.63) is 72.2 Å². The van der Waals surface area contributed by atoms with Crippen LogP contribution in [0.3, 0.4) is 0 Å². The van der Waals surface area contributed by atoms with Gasteiger partial charge in [-0.1, -0.05) is 36.4 Å². The first-order valence-corrected chi connectivity index (χ1v) is 9.91. The SMILES string of the molecule is Nc1ncnc2c1c(-c1ccc3cc[nH]c3c1)nn2C1CCc2ccccc2C1. The second kappa shape index (κ2) is 6.17. The van der Waals surface area contributed by atoms with Crippen LogP contribution >= 0.6 is 0 Å². The number of anilines is 1. The van der Waals surface area contributed by atoms with Crippen molar-refractivity contribution in [1.82, 2.24) is 24.7 Å². The van der Waals surface area contributed by atoms with E-state index in [1.165, 1.54) is 22.8 Å². The summed E-state index contributed by atoms with van der Waals surface area (Å²) in [7, 11) is 0. The second-order valence-electron chi connectivity index (χ2n) is 7.70. The third kappa shape index (κ3) is 2.52. The maximum atomic E-state index is 6.29. The van der Waals surface area contributed by atoms with E-state index in [0.29, 0.717) is 5.82 Å². The smallest absolute Gasteiger partial charge is 0.164 e. The Kier molecular flexibility index (Phi) is 3.47. The van der Waals surface area contributed by atoms with Gasteiger partial charge in [0.05, 0.1) is 11.4 Å². The summed E-state index contributed by atoms with van der Waals surface area (Å²) in [4.78, 5) is 12.1. The van der Waals surface area contributed by atoms with Crippen LogP contribution in [-0.2, 0) is 12.8 Å². The molecule has 29 heavy (non-hydrogen) atoms. The van der Waals surface area contributed by atoms with E-state index in [0.717, 1.165) is 47.1 Å². The Bertz CT molecular complexity index is 1360. The number of hydrogen-bond donors (Lipinski definition) is 2. The predicted octanol–water partition coefficient (Wildman–Crippen LogP) is 4.29. The Morgan fingerprint density at radius 1 is 1.03 bits per heavy atom. The van der Waals surface area contributed by atoms with Gasteiger partial charge in [-0.25, -0.2) is 14.6 Å². The third-order valence-electron chi connectivity index (χ3n) is 6.01. The highest BCUT2D eigenvalue weighted by Gasteiger charge is 2.25. The standard InChI is InChI=1S/C23H20N6/c24-22-20-21(17-6-5-15-9-10-25-19(15)12-17)28-29(23(20)27-13-26-22)18-8-7-14-3-1-2-4-16(14)11-18/h1-6,9-10,12-13,18,25H,7-8,11H2,(H2,24,26,27). The van der Waals surface area contributed by atoms with Crippen LogP contribution < -0.4 is 5.73 Å². The molecule has 3 heterocycles. The molecule has 6 rings (SSSR count). The summed E-state index contributed by atoms with van der Waals surface area (Å²) in [5.41, 5.74) is 12.9.